The number of carbonyl (C=O) groups is 2. The third kappa shape index (κ3) is 19.0. The SMILES string of the molecule is C=CF.CC(C)(C)N1CCC1CO.O=C=O.[C-]#[N+]C[C@H]1CN(c2nc(OCC3CCN3C(C)(C)C)nc3c2CCN(c2cccc4cccc(C)c24)C3)CCN1C(=O)C(=C)F.[C-]#[N+]C[C@H]1CN(c2nc(S(C)=O)nc3c2CCN(c2cccc4cccc(C)c24)C3)CCN1C(=O)OC(C)(C)C. The molecule has 0 saturated carbocycles. The van der Waals surface area contributed by atoms with Crippen LogP contribution in [0.4, 0.5) is 36.6 Å². The highest BCUT2D eigenvalue weighted by Crippen LogP contribution is 2.39. The molecule has 12 rings (SSSR count). The number of likely N-dealkylation sites (tertiary alicyclic amines) is 2. The van der Waals surface area contributed by atoms with E-state index in [0.717, 1.165) is 86.0 Å². The summed E-state index contributed by atoms with van der Waals surface area (Å²) in [5.74, 6) is -0.200. The van der Waals surface area contributed by atoms with Gasteiger partial charge in [0.15, 0.2) is 5.83 Å². The van der Waals surface area contributed by atoms with Crippen LogP contribution in [-0.4, -0.2) is 206 Å². The van der Waals surface area contributed by atoms with Gasteiger partial charge in [0, 0.05) is 128 Å². The first-order chi connectivity index (χ1) is 48.0. The van der Waals surface area contributed by atoms with Gasteiger partial charge in [-0.3, -0.25) is 23.7 Å². The maximum Gasteiger partial charge on any atom is 0.410 e. The zero-order chi connectivity index (χ0) is 73.7. The molecule has 4 saturated heterocycles. The number of amides is 2. The summed E-state index contributed by atoms with van der Waals surface area (Å²) in [6.07, 6.45) is 5.40. The van der Waals surface area contributed by atoms with E-state index in [4.69, 9.17) is 57.2 Å². The largest absolute Gasteiger partial charge is 0.462 e. The molecule has 6 aromatic rings. The molecule has 0 spiro atoms. The number of nitrogens with zero attached hydrogens (tertiary/aromatic N) is 14. The molecule has 0 aliphatic carbocycles. The minimum atomic E-state index is -1.36. The van der Waals surface area contributed by atoms with Crippen molar-refractivity contribution in [2.75, 3.05) is 118 Å². The van der Waals surface area contributed by atoms with Crippen molar-refractivity contribution in [3.63, 3.8) is 0 Å². The number of anilines is 4. The van der Waals surface area contributed by atoms with Crippen LogP contribution < -0.4 is 24.3 Å². The Bertz CT molecular complexity index is 4090. The normalized spacial score (nSPS) is 19.3. The van der Waals surface area contributed by atoms with Gasteiger partial charge in [-0.15, -0.1) is 0 Å². The zero-order valence-corrected chi connectivity index (χ0v) is 61.4. The first-order valence-corrected chi connectivity index (χ1v) is 35.9. The minimum Gasteiger partial charge on any atom is -0.462 e. The quantitative estimate of drug-likeness (QED) is 0.0686. The summed E-state index contributed by atoms with van der Waals surface area (Å²) >= 11 is 0. The predicted octanol–water partition coefficient (Wildman–Crippen LogP) is 11.1. The Labute approximate surface area is 596 Å². The molecule has 5 atom stereocenters. The molecule has 540 valence electrons. The van der Waals surface area contributed by atoms with E-state index in [1.165, 1.54) is 48.9 Å². The molecule has 25 heteroatoms. The molecular weight excluding hydrogens is 1310 g/mol. The van der Waals surface area contributed by atoms with E-state index in [1.54, 1.807) is 11.2 Å². The van der Waals surface area contributed by atoms with Crippen molar-refractivity contribution >= 4 is 73.5 Å². The second-order valence-corrected chi connectivity index (χ2v) is 30.3. The van der Waals surface area contributed by atoms with Gasteiger partial charge in [0.1, 0.15) is 35.9 Å². The van der Waals surface area contributed by atoms with Crippen LogP contribution >= 0.6 is 0 Å². The van der Waals surface area contributed by atoms with Crippen LogP contribution in [-0.2, 0) is 55.9 Å². The number of hydrogen-bond acceptors (Lipinski definition) is 18. The molecule has 4 aromatic carbocycles. The Hall–Kier alpha value is -8.97. The Morgan fingerprint density at radius 3 is 1.52 bits per heavy atom. The Kier molecular flexibility index (Phi) is 26.3. The lowest BCUT2D eigenvalue weighted by Crippen LogP contribution is -2.59. The van der Waals surface area contributed by atoms with E-state index in [-0.39, 0.29) is 49.2 Å². The monoisotopic (exact) mass is 1400 g/mol. The average molecular weight is 1410 g/mol. The number of rotatable bonds is 12. The van der Waals surface area contributed by atoms with Crippen LogP contribution in [0.1, 0.15) is 109 Å². The van der Waals surface area contributed by atoms with Crippen molar-refractivity contribution in [3.05, 3.63) is 155 Å². The topological polar surface area (TPSA) is 210 Å². The van der Waals surface area contributed by atoms with Crippen LogP contribution in [0.25, 0.3) is 31.2 Å². The number of aryl methyl sites for hydroxylation is 2. The lowest BCUT2D eigenvalue weighted by molar-refractivity contribution is -0.191. The summed E-state index contributed by atoms with van der Waals surface area (Å²) in [6.45, 7) is 52.5. The van der Waals surface area contributed by atoms with Crippen molar-refractivity contribution in [2.24, 2.45) is 0 Å². The van der Waals surface area contributed by atoms with Crippen LogP contribution in [0.15, 0.2) is 103 Å². The lowest BCUT2D eigenvalue weighted by atomic mass is 9.94. The summed E-state index contributed by atoms with van der Waals surface area (Å²) < 4.78 is 48.5. The molecule has 8 heterocycles. The number of aromatic nitrogens is 4. The number of ether oxygens (including phenoxy) is 2. The van der Waals surface area contributed by atoms with Crippen molar-refractivity contribution in [3.8, 4) is 6.01 Å². The maximum atomic E-state index is 13.9. The van der Waals surface area contributed by atoms with Crippen molar-refractivity contribution < 1.29 is 46.7 Å². The molecule has 1 N–H and O–H groups in total. The van der Waals surface area contributed by atoms with Gasteiger partial charge in [0.25, 0.3) is 5.91 Å². The Balaban J connectivity index is 0.000000212. The van der Waals surface area contributed by atoms with Crippen LogP contribution in [0.2, 0.25) is 0 Å². The van der Waals surface area contributed by atoms with Gasteiger partial charge in [-0.2, -0.15) is 19.6 Å². The number of carbonyl (C=O) groups excluding carboxylic acids is 4. The molecule has 2 aromatic heterocycles. The van der Waals surface area contributed by atoms with E-state index in [0.29, 0.717) is 82.3 Å². The van der Waals surface area contributed by atoms with Crippen molar-refractivity contribution in [1.29, 1.82) is 0 Å². The second-order valence-electron chi connectivity index (χ2n) is 29.0. The first kappa shape index (κ1) is 77.8. The maximum absolute atomic E-state index is 13.9. The van der Waals surface area contributed by atoms with Gasteiger partial charge in [0.05, 0.1) is 48.2 Å². The van der Waals surface area contributed by atoms with Gasteiger partial charge in [0.2, 0.25) is 18.2 Å². The van der Waals surface area contributed by atoms with E-state index in [9.17, 15) is 22.6 Å². The minimum absolute atomic E-state index is 0.0607. The van der Waals surface area contributed by atoms with Crippen LogP contribution in [0.3, 0.4) is 0 Å². The zero-order valence-electron chi connectivity index (χ0n) is 60.6. The Morgan fingerprint density at radius 1 is 0.663 bits per heavy atom. The van der Waals surface area contributed by atoms with Gasteiger partial charge < -0.3 is 48.8 Å². The molecular formula is C76H98F2N14O8S. The number of aliphatic hydroxyl groups is 1. The lowest BCUT2D eigenvalue weighted by Gasteiger charge is -2.49. The highest BCUT2D eigenvalue weighted by atomic mass is 32.2. The van der Waals surface area contributed by atoms with Gasteiger partial charge in [-0.25, -0.2) is 36.7 Å². The highest BCUT2D eigenvalue weighted by molar-refractivity contribution is 7.84. The molecule has 2 amide bonds. The summed E-state index contributed by atoms with van der Waals surface area (Å²) in [5, 5.41) is 14.1. The number of piperazine rings is 2. The van der Waals surface area contributed by atoms with Crippen LogP contribution in [0.5, 0.6) is 6.01 Å². The van der Waals surface area contributed by atoms with E-state index in [2.05, 4.69) is 180 Å². The highest BCUT2D eigenvalue weighted by Gasteiger charge is 2.41. The van der Waals surface area contributed by atoms with Gasteiger partial charge in [-0.05, 0) is 136 Å². The summed E-state index contributed by atoms with van der Waals surface area (Å²) in [5.41, 5.74) is 8.42. The number of hydrogen-bond donors (Lipinski definition) is 1. The van der Waals surface area contributed by atoms with Crippen molar-refractivity contribution in [1.82, 2.24) is 39.5 Å². The third-order valence-electron chi connectivity index (χ3n) is 19.1. The van der Waals surface area contributed by atoms with Gasteiger partial charge >= 0.3 is 18.3 Å². The van der Waals surface area contributed by atoms with E-state index in [1.807, 2.05) is 20.8 Å². The molecule has 6 aliphatic heterocycles. The molecule has 22 nitrogen and oxygen atoms in total. The smallest absolute Gasteiger partial charge is 0.410 e. The standard InChI is InChI=1S/C35H42FN7O2.C30H36N6O3S.C8H17NO.C2H3F.CO2/c1-23-9-7-10-25-11-8-12-30(31(23)25)40-15-14-28-29(21-40)38-34(45-22-26-13-16-43(26)35(3,4)5)39-32(28)41-17-18-42(33(44)24(2)36)27(20-41)19-37-6;1-20-9-7-10-21-11-8-12-25(26(20)21)34-14-13-23-24(19-34)32-28(40(6)38)33-27(23)35-15-16-36(22(18-35)17-31-5)29(37)39-30(2,3)4;1-8(2,3)9-5-4-7(9)6-10;1-2-3;2-1-3/h7-12,26-27H,2,13-22H2,1,3-5H3;7-12,22H,13-19H2,1-4,6H3;7,10H,4-6H2,1-3H3;2H,1H2;/t26?,27-;22-,40?;;;/m00.../s1. The molecule has 0 radical (unpaired) electrons. The molecule has 4 fully saturated rings. The Morgan fingerprint density at radius 2 is 1.11 bits per heavy atom. The number of halogens is 2. The molecule has 101 heavy (non-hydrogen) atoms. The summed E-state index contributed by atoms with van der Waals surface area (Å²) in [4.78, 5) is 85.3. The fourth-order valence-electron chi connectivity index (χ4n) is 14.2. The fourth-order valence-corrected chi connectivity index (χ4v) is 14.7. The fraction of sp³-hybridized carbons (Fsp3) is 0.513. The number of benzene rings is 4. The van der Waals surface area contributed by atoms with E-state index >= 15 is 0 Å². The first-order valence-electron chi connectivity index (χ1n) is 34.4. The number of fused-ring (bicyclic) bond motifs is 4. The molecule has 6 aliphatic rings. The third-order valence-corrected chi connectivity index (χ3v) is 19.8. The summed E-state index contributed by atoms with van der Waals surface area (Å²) in [6, 6.07) is 25.9. The molecule has 0 bridgehead atoms. The summed E-state index contributed by atoms with van der Waals surface area (Å²) in [7, 11) is -1.36. The van der Waals surface area contributed by atoms with E-state index < -0.39 is 40.3 Å². The average Bonchev–Trinajstić information content (AvgIpc) is 0.766. The molecule has 3 unspecified atom stereocenters. The second kappa shape index (κ2) is 34.1. The van der Waals surface area contributed by atoms with Crippen molar-refractivity contribution in [2.45, 2.75) is 161 Å². The van der Waals surface area contributed by atoms with Gasteiger partial charge in [-0.1, -0.05) is 73.8 Å². The number of aliphatic hydroxyl groups excluding tert-OH is 1. The van der Waals surface area contributed by atoms with Crippen LogP contribution in [0, 0.1) is 27.0 Å². The predicted molar refractivity (Wildman–Crippen MR) is 392 cm³/mol.